The standard InChI is InChI=1S/C21H23F3N2O2/c1-5-13(6-2)26-20(15-11-10-14(27-3)12-18(15)28-4)16-8-7-9-17(19(16)25-26)21(22,23)24/h7-13H,5-6H2,1-4H3. The number of methoxy groups -OCH3 is 2. The zero-order valence-electron chi connectivity index (χ0n) is 16.3. The number of nitrogens with zero attached hydrogens (tertiary/aromatic N) is 2. The highest BCUT2D eigenvalue weighted by Crippen LogP contribution is 2.42. The van der Waals surface area contributed by atoms with Crippen LogP contribution in [0.25, 0.3) is 22.2 Å². The van der Waals surface area contributed by atoms with Crippen LogP contribution in [-0.2, 0) is 6.18 Å². The molecule has 0 N–H and O–H groups in total. The average Bonchev–Trinajstić information content (AvgIpc) is 3.06. The normalized spacial score (nSPS) is 12.0. The van der Waals surface area contributed by atoms with E-state index in [-0.39, 0.29) is 11.6 Å². The van der Waals surface area contributed by atoms with Gasteiger partial charge in [-0.05, 0) is 31.0 Å². The highest BCUT2D eigenvalue weighted by Gasteiger charge is 2.35. The predicted octanol–water partition coefficient (Wildman–Crippen LogP) is 6.10. The van der Waals surface area contributed by atoms with Crippen LogP contribution in [0.3, 0.4) is 0 Å². The van der Waals surface area contributed by atoms with Crippen LogP contribution in [0.4, 0.5) is 13.2 Å². The first kappa shape index (κ1) is 20.0. The fourth-order valence-electron chi connectivity index (χ4n) is 3.51. The largest absolute Gasteiger partial charge is 0.497 e. The molecule has 150 valence electrons. The van der Waals surface area contributed by atoms with Crippen molar-refractivity contribution in [2.45, 2.75) is 38.9 Å². The summed E-state index contributed by atoms with van der Waals surface area (Å²) >= 11 is 0. The summed E-state index contributed by atoms with van der Waals surface area (Å²) < 4.78 is 53.2. The van der Waals surface area contributed by atoms with Crippen molar-refractivity contribution >= 4 is 10.9 Å². The van der Waals surface area contributed by atoms with Crippen LogP contribution < -0.4 is 9.47 Å². The second-order valence-corrected chi connectivity index (χ2v) is 6.53. The van der Waals surface area contributed by atoms with E-state index < -0.39 is 11.7 Å². The number of halogens is 3. The molecule has 0 saturated heterocycles. The Morgan fingerprint density at radius 1 is 1.04 bits per heavy atom. The molecule has 0 unspecified atom stereocenters. The van der Waals surface area contributed by atoms with Crippen LogP contribution in [0.1, 0.15) is 38.3 Å². The molecule has 0 aliphatic rings. The van der Waals surface area contributed by atoms with Crippen molar-refractivity contribution in [3.05, 3.63) is 42.0 Å². The predicted molar refractivity (Wildman–Crippen MR) is 103 cm³/mol. The van der Waals surface area contributed by atoms with E-state index in [0.717, 1.165) is 18.9 Å². The third-order valence-electron chi connectivity index (χ3n) is 4.99. The molecule has 0 bridgehead atoms. The lowest BCUT2D eigenvalue weighted by molar-refractivity contribution is -0.136. The van der Waals surface area contributed by atoms with E-state index >= 15 is 0 Å². The van der Waals surface area contributed by atoms with E-state index in [2.05, 4.69) is 5.10 Å². The molecule has 0 saturated carbocycles. The van der Waals surface area contributed by atoms with E-state index in [1.807, 2.05) is 13.8 Å². The number of aromatic nitrogens is 2. The quantitative estimate of drug-likeness (QED) is 0.508. The Morgan fingerprint density at radius 2 is 1.75 bits per heavy atom. The minimum atomic E-state index is -4.48. The topological polar surface area (TPSA) is 36.3 Å². The van der Waals surface area contributed by atoms with Gasteiger partial charge in [0.1, 0.15) is 17.0 Å². The number of fused-ring (bicyclic) bond motifs is 1. The summed E-state index contributed by atoms with van der Waals surface area (Å²) in [5, 5.41) is 4.87. The molecule has 7 heteroatoms. The molecule has 0 radical (unpaired) electrons. The summed E-state index contributed by atoms with van der Waals surface area (Å²) in [7, 11) is 3.08. The second-order valence-electron chi connectivity index (χ2n) is 6.53. The SMILES string of the molecule is CCC(CC)n1nc2c(C(F)(F)F)cccc2c1-c1ccc(OC)cc1OC. The van der Waals surface area contributed by atoms with Crippen LogP contribution in [0.15, 0.2) is 36.4 Å². The zero-order valence-corrected chi connectivity index (χ0v) is 16.3. The Hall–Kier alpha value is -2.70. The third-order valence-corrected chi connectivity index (χ3v) is 4.99. The molecule has 2 aromatic carbocycles. The summed E-state index contributed by atoms with van der Waals surface area (Å²) in [6, 6.07) is 9.42. The molecule has 1 aromatic heterocycles. The maximum atomic E-state index is 13.6. The Kier molecular flexibility index (Phi) is 5.54. The highest BCUT2D eigenvalue weighted by molar-refractivity contribution is 5.96. The lowest BCUT2D eigenvalue weighted by Gasteiger charge is -2.18. The Balaban J connectivity index is 2.39. The molecule has 0 atom stereocenters. The fourth-order valence-corrected chi connectivity index (χ4v) is 3.51. The van der Waals surface area contributed by atoms with Gasteiger partial charge in [-0.1, -0.05) is 26.0 Å². The van der Waals surface area contributed by atoms with E-state index in [1.54, 1.807) is 36.1 Å². The first-order valence-corrected chi connectivity index (χ1v) is 9.16. The van der Waals surface area contributed by atoms with Crippen LogP contribution in [0.5, 0.6) is 11.5 Å². The molecule has 0 spiro atoms. The first-order valence-electron chi connectivity index (χ1n) is 9.16. The van der Waals surface area contributed by atoms with Gasteiger partial charge in [-0.3, -0.25) is 4.68 Å². The van der Waals surface area contributed by atoms with Crippen molar-refractivity contribution in [2.75, 3.05) is 14.2 Å². The van der Waals surface area contributed by atoms with Gasteiger partial charge in [0.2, 0.25) is 0 Å². The second kappa shape index (κ2) is 7.73. The zero-order chi connectivity index (χ0) is 20.5. The summed E-state index contributed by atoms with van der Waals surface area (Å²) in [4.78, 5) is 0. The lowest BCUT2D eigenvalue weighted by atomic mass is 10.0. The van der Waals surface area contributed by atoms with Gasteiger partial charge in [0.25, 0.3) is 0 Å². The molecule has 28 heavy (non-hydrogen) atoms. The van der Waals surface area contributed by atoms with Gasteiger partial charge >= 0.3 is 6.18 Å². The van der Waals surface area contributed by atoms with Gasteiger partial charge in [-0.25, -0.2) is 0 Å². The van der Waals surface area contributed by atoms with Crippen molar-refractivity contribution in [3.63, 3.8) is 0 Å². The van der Waals surface area contributed by atoms with Gasteiger partial charge < -0.3 is 9.47 Å². The Morgan fingerprint density at radius 3 is 2.32 bits per heavy atom. The summed E-state index contributed by atoms with van der Waals surface area (Å²) in [6.45, 7) is 4.00. The molecule has 0 fully saturated rings. The Labute approximate surface area is 161 Å². The summed E-state index contributed by atoms with van der Waals surface area (Å²) in [5.74, 6) is 1.13. The molecule has 4 nitrogen and oxygen atoms in total. The Bertz CT molecular complexity index is 976. The van der Waals surface area contributed by atoms with Gasteiger partial charge in [0.15, 0.2) is 0 Å². The summed E-state index contributed by atoms with van der Waals surface area (Å²) in [5.41, 5.74) is 0.518. The van der Waals surface area contributed by atoms with Crippen molar-refractivity contribution < 1.29 is 22.6 Å². The van der Waals surface area contributed by atoms with Crippen molar-refractivity contribution in [1.29, 1.82) is 0 Å². The molecular weight excluding hydrogens is 369 g/mol. The maximum absolute atomic E-state index is 13.6. The molecular formula is C21H23F3N2O2. The lowest BCUT2D eigenvalue weighted by Crippen LogP contribution is -2.11. The minimum absolute atomic E-state index is 0.0321. The van der Waals surface area contributed by atoms with Crippen molar-refractivity contribution in [2.24, 2.45) is 0 Å². The average molecular weight is 392 g/mol. The number of rotatable bonds is 6. The highest BCUT2D eigenvalue weighted by atomic mass is 19.4. The van der Waals surface area contributed by atoms with E-state index in [0.29, 0.717) is 28.1 Å². The smallest absolute Gasteiger partial charge is 0.418 e. The van der Waals surface area contributed by atoms with Crippen LogP contribution >= 0.6 is 0 Å². The number of alkyl halides is 3. The van der Waals surface area contributed by atoms with Gasteiger partial charge in [0.05, 0.1) is 31.5 Å². The molecule has 3 aromatic rings. The van der Waals surface area contributed by atoms with E-state index in [1.165, 1.54) is 13.2 Å². The summed E-state index contributed by atoms with van der Waals surface area (Å²) in [6.07, 6.45) is -2.98. The monoisotopic (exact) mass is 392 g/mol. The number of benzene rings is 2. The molecule has 1 heterocycles. The van der Waals surface area contributed by atoms with Crippen LogP contribution in [0.2, 0.25) is 0 Å². The van der Waals surface area contributed by atoms with Crippen molar-refractivity contribution in [1.82, 2.24) is 9.78 Å². The molecule has 0 amide bonds. The molecule has 3 rings (SSSR count). The van der Waals surface area contributed by atoms with Gasteiger partial charge in [0, 0.05) is 17.0 Å². The van der Waals surface area contributed by atoms with E-state index in [9.17, 15) is 13.2 Å². The first-order chi connectivity index (χ1) is 13.3. The fraction of sp³-hybridized carbons (Fsp3) is 0.381. The van der Waals surface area contributed by atoms with Crippen LogP contribution in [0, 0.1) is 0 Å². The molecule has 0 aliphatic heterocycles. The van der Waals surface area contributed by atoms with Gasteiger partial charge in [-0.2, -0.15) is 18.3 Å². The minimum Gasteiger partial charge on any atom is -0.497 e. The van der Waals surface area contributed by atoms with E-state index in [4.69, 9.17) is 9.47 Å². The molecule has 0 aliphatic carbocycles. The van der Waals surface area contributed by atoms with Crippen LogP contribution in [-0.4, -0.2) is 24.0 Å². The maximum Gasteiger partial charge on any atom is 0.418 e. The third kappa shape index (κ3) is 3.41. The number of hydrogen-bond acceptors (Lipinski definition) is 3. The number of ether oxygens (including phenoxy) is 2. The number of hydrogen-bond donors (Lipinski definition) is 0. The van der Waals surface area contributed by atoms with Crippen molar-refractivity contribution in [3.8, 4) is 22.8 Å². The van der Waals surface area contributed by atoms with Gasteiger partial charge in [-0.15, -0.1) is 0 Å².